The summed E-state index contributed by atoms with van der Waals surface area (Å²) in [6.07, 6.45) is 1.56. The number of carbonyl (C=O) groups excluding carboxylic acids is 1. The molecule has 1 aliphatic heterocycles. The van der Waals surface area contributed by atoms with Crippen molar-refractivity contribution < 1.29 is 22.7 Å². The second kappa shape index (κ2) is 10.3. The van der Waals surface area contributed by atoms with Crippen LogP contribution in [0.2, 0.25) is 0 Å². The summed E-state index contributed by atoms with van der Waals surface area (Å²) in [7, 11) is 0. The van der Waals surface area contributed by atoms with Crippen LogP contribution in [0.15, 0.2) is 24.3 Å². The van der Waals surface area contributed by atoms with Crippen molar-refractivity contribution in [2.24, 2.45) is 5.92 Å². The molecule has 1 heterocycles. The van der Waals surface area contributed by atoms with Gasteiger partial charge in [-0.15, -0.1) is 25.6 Å². The highest BCUT2D eigenvalue weighted by atomic mass is 35.5. The largest absolute Gasteiger partial charge is 0.573 e. The Morgan fingerprint density at radius 2 is 1.89 bits per heavy atom. The Hall–Kier alpha value is -1.47. The molecule has 1 aromatic carbocycles. The van der Waals surface area contributed by atoms with Gasteiger partial charge in [0.25, 0.3) is 0 Å². The van der Waals surface area contributed by atoms with Crippen LogP contribution in [-0.4, -0.2) is 36.3 Å². The number of ether oxygens (including phenoxy) is 1. The van der Waals surface area contributed by atoms with E-state index in [1.165, 1.54) is 12.1 Å². The van der Waals surface area contributed by atoms with Gasteiger partial charge in [-0.05, 0) is 50.8 Å². The van der Waals surface area contributed by atoms with Gasteiger partial charge in [-0.1, -0.05) is 31.0 Å². The highest BCUT2D eigenvalue weighted by molar-refractivity contribution is 5.85. The van der Waals surface area contributed by atoms with Crippen LogP contribution in [0, 0.1) is 5.92 Å². The Morgan fingerprint density at radius 3 is 2.54 bits per heavy atom. The van der Waals surface area contributed by atoms with E-state index in [0.717, 1.165) is 51.6 Å². The van der Waals surface area contributed by atoms with Gasteiger partial charge in [-0.25, -0.2) is 0 Å². The molecule has 0 spiro atoms. The molecule has 0 radical (unpaired) electrons. The molecule has 2 aliphatic rings. The van der Waals surface area contributed by atoms with Gasteiger partial charge in [0.15, 0.2) is 0 Å². The number of rotatable bonds is 7. The van der Waals surface area contributed by atoms with Crippen LogP contribution in [0.1, 0.15) is 50.5 Å². The molecule has 158 valence electrons. The third-order valence-corrected chi connectivity index (χ3v) is 5.55. The van der Waals surface area contributed by atoms with Crippen molar-refractivity contribution in [1.29, 1.82) is 0 Å². The molecule has 1 saturated carbocycles. The molecule has 2 fully saturated rings. The lowest BCUT2D eigenvalue weighted by Gasteiger charge is -2.30. The molecule has 8 heteroatoms. The zero-order valence-electron chi connectivity index (χ0n) is 15.8. The predicted molar refractivity (Wildman–Crippen MR) is 103 cm³/mol. The maximum Gasteiger partial charge on any atom is 0.573 e. The molecule has 0 bridgehead atoms. The van der Waals surface area contributed by atoms with Crippen molar-refractivity contribution in [3.63, 3.8) is 0 Å². The first-order chi connectivity index (χ1) is 12.9. The molecule has 1 atom stereocenters. The number of alkyl halides is 3. The van der Waals surface area contributed by atoms with E-state index in [4.69, 9.17) is 0 Å². The molecule has 28 heavy (non-hydrogen) atoms. The Labute approximate surface area is 170 Å². The monoisotopic (exact) mass is 420 g/mol. The fourth-order valence-corrected chi connectivity index (χ4v) is 4.11. The Morgan fingerprint density at radius 1 is 1.18 bits per heavy atom. The molecule has 1 amide bonds. The normalized spacial score (nSPS) is 20.0. The second-order valence-corrected chi connectivity index (χ2v) is 7.51. The summed E-state index contributed by atoms with van der Waals surface area (Å²) in [6.45, 7) is 2.10. The van der Waals surface area contributed by atoms with E-state index in [0.29, 0.717) is 17.9 Å². The molecule has 4 nitrogen and oxygen atoms in total. The fraction of sp³-hybridized carbons (Fsp3) is 0.650. The van der Waals surface area contributed by atoms with Gasteiger partial charge >= 0.3 is 6.36 Å². The molecular formula is C20H28ClF3N2O2. The van der Waals surface area contributed by atoms with Gasteiger partial charge in [0.05, 0.1) is 0 Å². The number of hydrogen-bond donors (Lipinski definition) is 1. The minimum atomic E-state index is -4.74. The first kappa shape index (κ1) is 22.8. The zero-order valence-corrected chi connectivity index (χ0v) is 16.7. The van der Waals surface area contributed by atoms with Crippen LogP contribution >= 0.6 is 12.4 Å². The first-order valence-electron chi connectivity index (χ1n) is 9.76. The van der Waals surface area contributed by atoms with E-state index >= 15 is 0 Å². The van der Waals surface area contributed by atoms with Crippen molar-refractivity contribution in [3.8, 4) is 5.75 Å². The number of amides is 1. The maximum atomic E-state index is 12.9. The summed E-state index contributed by atoms with van der Waals surface area (Å²) in [4.78, 5) is 14.7. The van der Waals surface area contributed by atoms with Crippen LogP contribution in [0.5, 0.6) is 5.75 Å². The first-order valence-corrected chi connectivity index (χ1v) is 9.76. The number of halogens is 4. The number of nitrogens with zero attached hydrogens (tertiary/aromatic N) is 1. The minimum Gasteiger partial charge on any atom is -0.405 e. The van der Waals surface area contributed by atoms with Crippen molar-refractivity contribution in [1.82, 2.24) is 10.2 Å². The molecule has 1 aliphatic carbocycles. The van der Waals surface area contributed by atoms with Crippen molar-refractivity contribution in [2.75, 3.05) is 13.1 Å². The number of para-hydroxylation sites is 1. The quantitative estimate of drug-likeness (QED) is 0.697. The lowest BCUT2D eigenvalue weighted by Crippen LogP contribution is -2.38. The predicted octanol–water partition coefficient (Wildman–Crippen LogP) is 4.67. The summed E-state index contributed by atoms with van der Waals surface area (Å²) in [5.41, 5.74) is 0.401. The SMILES string of the molecule is Cl.O=C(CCC1CCNC1)N(Cc1ccccc1OC(F)(F)F)C1CCCC1. The van der Waals surface area contributed by atoms with E-state index in [1.807, 2.05) is 0 Å². The maximum absolute atomic E-state index is 12.9. The van der Waals surface area contributed by atoms with Gasteiger partial charge in [0, 0.05) is 24.6 Å². The van der Waals surface area contributed by atoms with Crippen LogP contribution in [-0.2, 0) is 11.3 Å². The Bertz CT molecular complexity index is 630. The lowest BCUT2D eigenvalue weighted by atomic mass is 10.0. The molecule has 3 rings (SSSR count). The highest BCUT2D eigenvalue weighted by Gasteiger charge is 2.33. The molecular weight excluding hydrogens is 393 g/mol. The average molecular weight is 421 g/mol. The summed E-state index contributed by atoms with van der Waals surface area (Å²) >= 11 is 0. The number of hydrogen-bond acceptors (Lipinski definition) is 3. The standard InChI is InChI=1S/C20H27F3N2O2.ClH/c21-20(22,23)27-18-8-4-1-5-16(18)14-25(17-6-2-3-7-17)19(26)10-9-15-11-12-24-13-15;/h1,4-5,8,15,17,24H,2-3,6-7,9-14H2;1H. The van der Waals surface area contributed by atoms with E-state index in [-0.39, 0.29) is 36.7 Å². The third-order valence-electron chi connectivity index (χ3n) is 5.55. The summed E-state index contributed by atoms with van der Waals surface area (Å²) in [5.74, 6) is 0.330. The summed E-state index contributed by atoms with van der Waals surface area (Å²) < 4.78 is 42.3. The van der Waals surface area contributed by atoms with E-state index in [2.05, 4.69) is 10.1 Å². The number of carbonyl (C=O) groups is 1. The van der Waals surface area contributed by atoms with Gasteiger partial charge in [-0.3, -0.25) is 4.79 Å². The molecule has 1 unspecified atom stereocenters. The molecule has 1 N–H and O–H groups in total. The topological polar surface area (TPSA) is 41.6 Å². The van der Waals surface area contributed by atoms with E-state index in [1.54, 1.807) is 17.0 Å². The van der Waals surface area contributed by atoms with E-state index in [9.17, 15) is 18.0 Å². The van der Waals surface area contributed by atoms with Gasteiger partial charge in [0.1, 0.15) is 5.75 Å². The van der Waals surface area contributed by atoms with Crippen LogP contribution in [0.3, 0.4) is 0 Å². The Kier molecular flexibility index (Phi) is 8.43. The van der Waals surface area contributed by atoms with Crippen molar-refractivity contribution >= 4 is 18.3 Å². The Balaban J connectivity index is 0.00000280. The molecule has 1 aromatic rings. The number of benzene rings is 1. The number of nitrogens with one attached hydrogen (secondary N) is 1. The highest BCUT2D eigenvalue weighted by Crippen LogP contribution is 2.31. The van der Waals surface area contributed by atoms with Crippen LogP contribution < -0.4 is 10.1 Å². The average Bonchev–Trinajstić information content (AvgIpc) is 3.31. The lowest BCUT2D eigenvalue weighted by molar-refractivity contribution is -0.275. The zero-order chi connectivity index (χ0) is 19.3. The second-order valence-electron chi connectivity index (χ2n) is 7.51. The van der Waals surface area contributed by atoms with Gasteiger partial charge in [0.2, 0.25) is 5.91 Å². The minimum absolute atomic E-state index is 0. The molecule has 1 saturated heterocycles. The van der Waals surface area contributed by atoms with Gasteiger partial charge in [-0.2, -0.15) is 0 Å². The summed E-state index contributed by atoms with van der Waals surface area (Å²) in [5, 5.41) is 3.30. The van der Waals surface area contributed by atoms with Crippen LogP contribution in [0.25, 0.3) is 0 Å². The third kappa shape index (κ3) is 6.55. The van der Waals surface area contributed by atoms with Crippen LogP contribution in [0.4, 0.5) is 13.2 Å². The molecule has 0 aromatic heterocycles. The fourth-order valence-electron chi connectivity index (χ4n) is 4.11. The van der Waals surface area contributed by atoms with E-state index < -0.39 is 6.36 Å². The van der Waals surface area contributed by atoms with Gasteiger partial charge < -0.3 is 15.0 Å². The smallest absolute Gasteiger partial charge is 0.405 e. The summed E-state index contributed by atoms with van der Waals surface area (Å²) in [6, 6.07) is 6.22. The van der Waals surface area contributed by atoms with Crippen molar-refractivity contribution in [3.05, 3.63) is 29.8 Å². The van der Waals surface area contributed by atoms with Crippen molar-refractivity contribution in [2.45, 2.75) is 63.9 Å².